The molecule has 148 valence electrons. The SMILES string of the molecule is CC(=O)NC[C@H]1CN(c2ccc(C=C(Br)c3ccc(C#N)cc3)c(F)c2)C(=O)O1. The molecular weight excluding hydrogens is 441 g/mol. The van der Waals surface area contributed by atoms with E-state index in [1.165, 1.54) is 17.9 Å². The lowest BCUT2D eigenvalue weighted by atomic mass is 10.1. The second kappa shape index (κ2) is 8.88. The van der Waals surface area contributed by atoms with E-state index in [0.29, 0.717) is 21.3 Å². The Morgan fingerprint density at radius 2 is 2.10 bits per heavy atom. The van der Waals surface area contributed by atoms with Crippen LogP contribution in [-0.2, 0) is 9.53 Å². The summed E-state index contributed by atoms with van der Waals surface area (Å²) in [5.74, 6) is -0.708. The van der Waals surface area contributed by atoms with Crippen molar-refractivity contribution in [3.63, 3.8) is 0 Å². The highest BCUT2D eigenvalue weighted by atomic mass is 79.9. The van der Waals surface area contributed by atoms with Crippen LogP contribution in [0.4, 0.5) is 14.9 Å². The van der Waals surface area contributed by atoms with Crippen molar-refractivity contribution in [1.29, 1.82) is 5.26 Å². The number of nitrogens with zero attached hydrogens (tertiary/aromatic N) is 2. The van der Waals surface area contributed by atoms with Crippen molar-refractivity contribution >= 4 is 44.2 Å². The first-order valence-electron chi connectivity index (χ1n) is 8.77. The molecule has 0 spiro atoms. The van der Waals surface area contributed by atoms with E-state index < -0.39 is 18.0 Å². The summed E-state index contributed by atoms with van der Waals surface area (Å²) in [6, 6.07) is 13.4. The number of cyclic esters (lactones) is 1. The fourth-order valence-electron chi connectivity index (χ4n) is 2.82. The lowest BCUT2D eigenvalue weighted by Gasteiger charge is -2.14. The number of carbonyl (C=O) groups is 2. The highest BCUT2D eigenvalue weighted by Crippen LogP contribution is 2.28. The molecule has 1 heterocycles. The van der Waals surface area contributed by atoms with E-state index in [1.54, 1.807) is 42.5 Å². The molecule has 1 saturated heterocycles. The average Bonchev–Trinajstić information content (AvgIpc) is 3.08. The fourth-order valence-corrected chi connectivity index (χ4v) is 3.33. The van der Waals surface area contributed by atoms with Gasteiger partial charge in [0.05, 0.1) is 30.4 Å². The Bertz CT molecular complexity index is 1010. The van der Waals surface area contributed by atoms with Crippen LogP contribution < -0.4 is 10.2 Å². The molecule has 0 saturated carbocycles. The summed E-state index contributed by atoms with van der Waals surface area (Å²) in [6.45, 7) is 1.81. The molecule has 1 aliphatic rings. The van der Waals surface area contributed by atoms with Crippen LogP contribution in [0.1, 0.15) is 23.6 Å². The molecule has 1 atom stereocenters. The third-order valence-corrected chi connectivity index (χ3v) is 5.01. The summed E-state index contributed by atoms with van der Waals surface area (Å²) >= 11 is 3.43. The fraction of sp³-hybridized carbons (Fsp3) is 0.190. The molecule has 2 amide bonds. The number of anilines is 1. The highest BCUT2D eigenvalue weighted by Gasteiger charge is 2.32. The first-order chi connectivity index (χ1) is 13.9. The minimum atomic E-state index is -0.582. The van der Waals surface area contributed by atoms with Crippen molar-refractivity contribution in [2.24, 2.45) is 0 Å². The first kappa shape index (κ1) is 20.6. The molecule has 0 bridgehead atoms. The number of amides is 2. The molecule has 8 heteroatoms. The maximum absolute atomic E-state index is 14.6. The minimum Gasteiger partial charge on any atom is -0.442 e. The van der Waals surface area contributed by atoms with Gasteiger partial charge in [-0.3, -0.25) is 9.69 Å². The van der Waals surface area contributed by atoms with E-state index in [-0.39, 0.29) is 19.0 Å². The zero-order chi connectivity index (χ0) is 21.0. The molecule has 1 fully saturated rings. The van der Waals surface area contributed by atoms with Crippen molar-refractivity contribution in [3.05, 3.63) is 65.0 Å². The topological polar surface area (TPSA) is 82.4 Å². The van der Waals surface area contributed by atoms with Crippen molar-refractivity contribution in [1.82, 2.24) is 5.32 Å². The standard InChI is InChI=1S/C21H17BrFN3O3/c1-13(27)25-11-18-12-26(21(28)29-18)17-7-6-16(20(23)9-17)8-19(22)15-4-2-14(10-24)3-5-15/h2-9,18H,11-12H2,1H3,(H,25,27)/t18-/m0/s1. The first-order valence-corrected chi connectivity index (χ1v) is 9.56. The van der Waals surface area contributed by atoms with Gasteiger partial charge in [0.2, 0.25) is 5.91 Å². The zero-order valence-corrected chi connectivity index (χ0v) is 17.1. The van der Waals surface area contributed by atoms with Gasteiger partial charge in [0.1, 0.15) is 11.9 Å². The number of benzene rings is 2. The summed E-state index contributed by atoms with van der Waals surface area (Å²) < 4.78 is 20.5. The molecule has 6 nitrogen and oxygen atoms in total. The van der Waals surface area contributed by atoms with Gasteiger partial charge in [0.15, 0.2) is 0 Å². The number of halogens is 2. The number of ether oxygens (including phenoxy) is 1. The van der Waals surface area contributed by atoms with Crippen LogP contribution in [0.25, 0.3) is 10.6 Å². The van der Waals surface area contributed by atoms with E-state index in [1.807, 2.05) is 6.07 Å². The number of nitrogens with one attached hydrogen (secondary N) is 1. The molecule has 0 aliphatic carbocycles. The third-order valence-electron chi connectivity index (χ3n) is 4.32. The van der Waals surface area contributed by atoms with E-state index in [9.17, 15) is 14.0 Å². The molecule has 0 aromatic heterocycles. The lowest BCUT2D eigenvalue weighted by molar-refractivity contribution is -0.119. The van der Waals surface area contributed by atoms with Crippen LogP contribution in [0.15, 0.2) is 42.5 Å². The highest BCUT2D eigenvalue weighted by molar-refractivity contribution is 9.15. The molecule has 0 radical (unpaired) electrons. The van der Waals surface area contributed by atoms with Crippen molar-refractivity contribution in [2.45, 2.75) is 13.0 Å². The Balaban J connectivity index is 1.75. The quantitative estimate of drug-likeness (QED) is 0.686. The molecule has 1 N–H and O–H groups in total. The van der Waals surface area contributed by atoms with Crippen molar-refractivity contribution in [3.8, 4) is 6.07 Å². The predicted molar refractivity (Wildman–Crippen MR) is 111 cm³/mol. The van der Waals surface area contributed by atoms with Gasteiger partial charge < -0.3 is 10.1 Å². The molecule has 0 unspecified atom stereocenters. The van der Waals surface area contributed by atoms with Gasteiger partial charge in [0.25, 0.3) is 0 Å². The molecule has 3 rings (SSSR count). The summed E-state index contributed by atoms with van der Waals surface area (Å²) in [5, 5.41) is 11.5. The number of rotatable bonds is 5. The molecule has 29 heavy (non-hydrogen) atoms. The summed E-state index contributed by atoms with van der Waals surface area (Å²) in [7, 11) is 0. The van der Waals surface area contributed by atoms with Gasteiger partial charge >= 0.3 is 6.09 Å². The van der Waals surface area contributed by atoms with Crippen LogP contribution in [0.3, 0.4) is 0 Å². The number of carbonyl (C=O) groups excluding carboxylic acids is 2. The second-order valence-electron chi connectivity index (χ2n) is 6.44. The normalized spacial score (nSPS) is 16.3. The molecule has 1 aliphatic heterocycles. The van der Waals surface area contributed by atoms with Crippen molar-refractivity contribution in [2.75, 3.05) is 18.0 Å². The Morgan fingerprint density at radius 3 is 2.72 bits per heavy atom. The number of hydrogen-bond donors (Lipinski definition) is 1. The summed E-state index contributed by atoms with van der Waals surface area (Å²) in [5.41, 5.74) is 2.06. The van der Waals surface area contributed by atoms with Crippen LogP contribution in [0.2, 0.25) is 0 Å². The predicted octanol–water partition coefficient (Wildman–Crippen LogP) is 4.05. The summed E-state index contributed by atoms with van der Waals surface area (Å²) in [6.07, 6.45) is 0.559. The minimum absolute atomic E-state index is 0.207. The monoisotopic (exact) mass is 457 g/mol. The van der Waals surface area contributed by atoms with Gasteiger partial charge in [-0.05, 0) is 42.0 Å². The average molecular weight is 458 g/mol. The van der Waals surface area contributed by atoms with Gasteiger partial charge in [-0.2, -0.15) is 5.26 Å². The van der Waals surface area contributed by atoms with Crippen LogP contribution >= 0.6 is 15.9 Å². The van der Waals surface area contributed by atoms with Gasteiger partial charge in [-0.1, -0.05) is 28.1 Å². The van der Waals surface area contributed by atoms with E-state index in [0.717, 1.165) is 5.56 Å². The zero-order valence-electron chi connectivity index (χ0n) is 15.5. The van der Waals surface area contributed by atoms with Crippen LogP contribution in [0.5, 0.6) is 0 Å². The lowest BCUT2D eigenvalue weighted by Crippen LogP contribution is -2.33. The number of hydrogen-bond acceptors (Lipinski definition) is 4. The van der Waals surface area contributed by atoms with E-state index >= 15 is 0 Å². The summed E-state index contributed by atoms with van der Waals surface area (Å²) in [4.78, 5) is 24.4. The van der Waals surface area contributed by atoms with E-state index in [4.69, 9.17) is 10.00 Å². The van der Waals surface area contributed by atoms with Crippen molar-refractivity contribution < 1.29 is 18.7 Å². The molecule has 2 aromatic carbocycles. The van der Waals surface area contributed by atoms with Crippen LogP contribution in [0, 0.1) is 17.1 Å². The smallest absolute Gasteiger partial charge is 0.414 e. The molecular formula is C21H17BrFN3O3. The van der Waals surface area contributed by atoms with Crippen LogP contribution in [-0.4, -0.2) is 31.2 Å². The Hall–Kier alpha value is -3.18. The third kappa shape index (κ3) is 5.00. The maximum Gasteiger partial charge on any atom is 0.414 e. The number of nitriles is 1. The Kier molecular flexibility index (Phi) is 6.29. The Morgan fingerprint density at radius 1 is 1.38 bits per heavy atom. The van der Waals surface area contributed by atoms with Gasteiger partial charge in [-0.15, -0.1) is 0 Å². The largest absolute Gasteiger partial charge is 0.442 e. The Labute approximate surface area is 175 Å². The van der Waals surface area contributed by atoms with Gasteiger partial charge in [0, 0.05) is 17.0 Å². The maximum atomic E-state index is 14.6. The van der Waals surface area contributed by atoms with E-state index in [2.05, 4.69) is 21.2 Å². The molecule has 2 aromatic rings. The van der Waals surface area contributed by atoms with Gasteiger partial charge in [-0.25, -0.2) is 9.18 Å². The second-order valence-corrected chi connectivity index (χ2v) is 7.30.